The van der Waals surface area contributed by atoms with Crippen molar-refractivity contribution in [2.45, 2.75) is 17.3 Å². The number of thiazole rings is 1. The summed E-state index contributed by atoms with van der Waals surface area (Å²) in [5.41, 5.74) is 2.45. The molecule has 0 bridgehead atoms. The molecule has 29 heavy (non-hydrogen) atoms. The number of anilines is 1. The second kappa shape index (κ2) is 8.10. The van der Waals surface area contributed by atoms with Crippen LogP contribution in [0.2, 0.25) is 5.02 Å². The van der Waals surface area contributed by atoms with E-state index in [1.54, 1.807) is 30.5 Å². The molecule has 2 aromatic heterocycles. The van der Waals surface area contributed by atoms with Gasteiger partial charge in [0.05, 0.1) is 22.0 Å². The first kappa shape index (κ1) is 19.8. The number of carbonyl (C=O) groups excluding carboxylic acids is 1. The number of aromatic amines is 1. The molecule has 10 heteroatoms. The largest absolute Gasteiger partial charge is 0.333 e. The highest BCUT2D eigenvalue weighted by Crippen LogP contribution is 2.28. The molecule has 0 aliphatic rings. The number of amides is 1. The number of nitrogens with zero attached hydrogens (tertiary/aromatic N) is 2. The smallest absolute Gasteiger partial charge is 0.239 e. The molecular weight excluding hydrogens is 438 g/mol. The van der Waals surface area contributed by atoms with Gasteiger partial charge in [0.25, 0.3) is 0 Å². The molecule has 0 aliphatic heterocycles. The van der Waals surface area contributed by atoms with Crippen LogP contribution in [0.3, 0.4) is 0 Å². The van der Waals surface area contributed by atoms with Crippen LogP contribution in [0.5, 0.6) is 0 Å². The lowest BCUT2D eigenvalue weighted by molar-refractivity contribution is -0.115. The van der Waals surface area contributed by atoms with Gasteiger partial charge in [-0.1, -0.05) is 23.4 Å². The van der Waals surface area contributed by atoms with Gasteiger partial charge in [-0.3, -0.25) is 4.79 Å². The van der Waals surface area contributed by atoms with E-state index in [0.29, 0.717) is 26.6 Å². The van der Waals surface area contributed by atoms with E-state index in [4.69, 9.17) is 11.6 Å². The van der Waals surface area contributed by atoms with Gasteiger partial charge in [0, 0.05) is 16.0 Å². The predicted molar refractivity (Wildman–Crippen MR) is 113 cm³/mol. The fourth-order valence-corrected chi connectivity index (χ4v) is 4.28. The van der Waals surface area contributed by atoms with Crippen LogP contribution in [-0.4, -0.2) is 26.1 Å². The van der Waals surface area contributed by atoms with Crippen molar-refractivity contribution >= 4 is 56.8 Å². The van der Waals surface area contributed by atoms with Gasteiger partial charge in [-0.05, 0) is 43.3 Å². The lowest BCUT2D eigenvalue weighted by Crippen LogP contribution is -2.22. The number of halogens is 3. The average molecular weight is 451 g/mol. The summed E-state index contributed by atoms with van der Waals surface area (Å²) in [5, 5.41) is 5.54. The quantitative estimate of drug-likeness (QED) is 0.380. The number of benzene rings is 2. The highest BCUT2D eigenvalue weighted by molar-refractivity contribution is 8.00. The summed E-state index contributed by atoms with van der Waals surface area (Å²) in [5.74, 6) is -2.12. The normalized spacial score (nSPS) is 12.3. The van der Waals surface area contributed by atoms with Crippen LogP contribution in [0, 0.1) is 11.6 Å². The molecular formula is C19H13ClF2N4OS2. The summed E-state index contributed by atoms with van der Waals surface area (Å²) in [4.78, 5) is 24.3. The second-order valence-electron chi connectivity index (χ2n) is 6.12. The van der Waals surface area contributed by atoms with Crippen molar-refractivity contribution in [2.24, 2.45) is 0 Å². The molecule has 4 aromatic rings. The SMILES string of the molecule is C[C@@H](Sc1nc2ccc(Cl)cc2[nH]1)C(=O)Nc1nc(-c2ccc(F)c(F)c2)cs1. The van der Waals surface area contributed by atoms with Crippen molar-refractivity contribution in [1.82, 2.24) is 15.0 Å². The third-order valence-electron chi connectivity index (χ3n) is 4.03. The van der Waals surface area contributed by atoms with Crippen LogP contribution in [0.4, 0.5) is 13.9 Å². The Bertz CT molecular complexity index is 1210. The molecule has 0 radical (unpaired) electrons. The summed E-state index contributed by atoms with van der Waals surface area (Å²) in [6.45, 7) is 1.75. The minimum atomic E-state index is -0.946. The summed E-state index contributed by atoms with van der Waals surface area (Å²) >= 11 is 8.45. The van der Waals surface area contributed by atoms with Crippen LogP contribution in [0.1, 0.15) is 6.92 Å². The van der Waals surface area contributed by atoms with Crippen molar-refractivity contribution in [2.75, 3.05) is 5.32 Å². The molecule has 1 amide bonds. The number of thioether (sulfide) groups is 1. The third kappa shape index (κ3) is 4.42. The van der Waals surface area contributed by atoms with Gasteiger partial charge in [-0.25, -0.2) is 18.7 Å². The van der Waals surface area contributed by atoms with Crippen LogP contribution < -0.4 is 5.32 Å². The van der Waals surface area contributed by atoms with E-state index >= 15 is 0 Å². The Labute approximate surface area is 177 Å². The van der Waals surface area contributed by atoms with Crippen molar-refractivity contribution in [3.63, 3.8) is 0 Å². The topological polar surface area (TPSA) is 70.7 Å². The molecule has 148 valence electrons. The Morgan fingerprint density at radius 2 is 2.03 bits per heavy atom. The molecule has 1 atom stereocenters. The molecule has 0 fully saturated rings. The van der Waals surface area contributed by atoms with E-state index in [-0.39, 0.29) is 5.91 Å². The van der Waals surface area contributed by atoms with Crippen LogP contribution in [0.15, 0.2) is 46.9 Å². The lowest BCUT2D eigenvalue weighted by Gasteiger charge is -2.08. The molecule has 0 saturated carbocycles. The van der Waals surface area contributed by atoms with Crippen molar-refractivity contribution in [3.05, 3.63) is 58.4 Å². The van der Waals surface area contributed by atoms with E-state index in [0.717, 1.165) is 23.2 Å². The molecule has 2 aromatic carbocycles. The number of fused-ring (bicyclic) bond motifs is 1. The fraction of sp³-hybridized carbons (Fsp3) is 0.105. The number of nitrogens with one attached hydrogen (secondary N) is 2. The molecule has 5 nitrogen and oxygen atoms in total. The number of aromatic nitrogens is 3. The number of imidazole rings is 1. The minimum Gasteiger partial charge on any atom is -0.333 e. The van der Waals surface area contributed by atoms with Gasteiger partial charge in [-0.15, -0.1) is 11.3 Å². The summed E-state index contributed by atoms with van der Waals surface area (Å²) < 4.78 is 26.5. The highest BCUT2D eigenvalue weighted by atomic mass is 35.5. The molecule has 4 rings (SSSR count). The van der Waals surface area contributed by atoms with E-state index < -0.39 is 16.9 Å². The molecule has 0 aliphatic carbocycles. The first-order valence-corrected chi connectivity index (χ1v) is 10.6. The first-order chi connectivity index (χ1) is 13.9. The van der Waals surface area contributed by atoms with Gasteiger partial charge in [0.15, 0.2) is 21.9 Å². The van der Waals surface area contributed by atoms with Gasteiger partial charge < -0.3 is 10.3 Å². The average Bonchev–Trinajstić information content (AvgIpc) is 3.30. The van der Waals surface area contributed by atoms with Gasteiger partial charge in [0.1, 0.15) is 0 Å². The zero-order chi connectivity index (χ0) is 20.5. The minimum absolute atomic E-state index is 0.250. The van der Waals surface area contributed by atoms with Crippen LogP contribution in [-0.2, 0) is 4.79 Å². The number of H-pyrrole nitrogens is 1. The van der Waals surface area contributed by atoms with E-state index in [2.05, 4.69) is 20.3 Å². The first-order valence-electron chi connectivity index (χ1n) is 8.43. The maximum absolute atomic E-state index is 13.4. The Hall–Kier alpha value is -2.49. The number of rotatable bonds is 5. The number of hydrogen-bond donors (Lipinski definition) is 2. The van der Waals surface area contributed by atoms with E-state index in [1.165, 1.54) is 29.2 Å². The van der Waals surface area contributed by atoms with E-state index in [9.17, 15) is 13.6 Å². The van der Waals surface area contributed by atoms with Crippen molar-refractivity contribution in [1.29, 1.82) is 0 Å². The highest BCUT2D eigenvalue weighted by Gasteiger charge is 2.18. The Balaban J connectivity index is 1.43. The maximum atomic E-state index is 13.4. The summed E-state index contributed by atoms with van der Waals surface area (Å²) in [7, 11) is 0. The monoisotopic (exact) mass is 450 g/mol. The summed E-state index contributed by atoms with van der Waals surface area (Å²) in [6.07, 6.45) is 0. The van der Waals surface area contributed by atoms with Gasteiger partial charge >= 0.3 is 0 Å². The Kier molecular flexibility index (Phi) is 5.53. The molecule has 2 N–H and O–H groups in total. The van der Waals surface area contributed by atoms with Crippen molar-refractivity contribution in [3.8, 4) is 11.3 Å². The lowest BCUT2D eigenvalue weighted by atomic mass is 10.2. The zero-order valence-electron chi connectivity index (χ0n) is 14.9. The summed E-state index contributed by atoms with van der Waals surface area (Å²) in [6, 6.07) is 8.88. The van der Waals surface area contributed by atoms with Gasteiger partial charge in [-0.2, -0.15) is 0 Å². The maximum Gasteiger partial charge on any atom is 0.239 e. The second-order valence-corrected chi connectivity index (χ2v) is 8.74. The third-order valence-corrected chi connectivity index (χ3v) is 6.01. The van der Waals surface area contributed by atoms with Crippen LogP contribution in [0.25, 0.3) is 22.3 Å². The number of hydrogen-bond acceptors (Lipinski definition) is 5. The fourth-order valence-electron chi connectivity index (χ4n) is 2.56. The van der Waals surface area contributed by atoms with Crippen molar-refractivity contribution < 1.29 is 13.6 Å². The molecule has 2 heterocycles. The number of carbonyl (C=O) groups is 1. The Morgan fingerprint density at radius 1 is 1.21 bits per heavy atom. The Morgan fingerprint density at radius 3 is 2.83 bits per heavy atom. The molecule has 0 saturated heterocycles. The predicted octanol–water partition coefficient (Wildman–Crippen LogP) is 5.74. The molecule has 0 spiro atoms. The van der Waals surface area contributed by atoms with E-state index in [1.807, 2.05) is 0 Å². The van der Waals surface area contributed by atoms with Crippen LogP contribution >= 0.6 is 34.7 Å². The van der Waals surface area contributed by atoms with Gasteiger partial charge in [0.2, 0.25) is 5.91 Å². The zero-order valence-corrected chi connectivity index (χ0v) is 17.3. The molecule has 0 unspecified atom stereocenters. The standard InChI is InChI=1S/C19H13ClF2N4OS2/c1-9(29-19-23-14-5-3-11(20)7-15(14)24-19)17(27)26-18-25-16(8-28-18)10-2-4-12(21)13(22)6-10/h2-9H,1H3,(H,23,24)(H,25,26,27)/t9-/m1/s1.